The van der Waals surface area contributed by atoms with E-state index in [0.29, 0.717) is 17.9 Å². The molecule has 0 heterocycles. The van der Waals surface area contributed by atoms with Gasteiger partial charge in [-0.15, -0.1) is 0 Å². The first kappa shape index (κ1) is 38.6. The van der Waals surface area contributed by atoms with Gasteiger partial charge in [0.1, 0.15) is 37.1 Å². The molecule has 52 heavy (non-hydrogen) atoms. The summed E-state index contributed by atoms with van der Waals surface area (Å²) in [6.07, 6.45) is -2.17. The zero-order valence-corrected chi connectivity index (χ0v) is 28.9. The van der Waals surface area contributed by atoms with Crippen LogP contribution < -0.4 is 31.5 Å². The third kappa shape index (κ3) is 12.9. The van der Waals surface area contributed by atoms with E-state index in [1.807, 2.05) is 54.6 Å². The van der Waals surface area contributed by atoms with Crippen molar-refractivity contribution in [3.63, 3.8) is 0 Å². The SMILES string of the molecule is CC(=O)NNC(=O)[C@H](NC(=O)[C@H](Cc1ccc(OCc2ccccc2)cc1)NC(=O)[C@H](Cc1ccccc1)NC(=O)OCc1ccccc1)[C@@H](C)O. The highest BCUT2D eigenvalue weighted by molar-refractivity contribution is 5.94. The highest BCUT2D eigenvalue weighted by Gasteiger charge is 2.32. The van der Waals surface area contributed by atoms with Crippen LogP contribution in [0.25, 0.3) is 0 Å². The third-order valence-corrected chi connectivity index (χ3v) is 7.77. The largest absolute Gasteiger partial charge is 0.489 e. The Morgan fingerprint density at radius 3 is 1.60 bits per heavy atom. The Kier molecular flexibility index (Phi) is 14.7. The maximum atomic E-state index is 13.9. The molecule has 13 heteroatoms. The van der Waals surface area contributed by atoms with Gasteiger partial charge in [0.25, 0.3) is 5.91 Å². The summed E-state index contributed by atoms with van der Waals surface area (Å²) in [6, 6.07) is 30.7. The van der Waals surface area contributed by atoms with Gasteiger partial charge in [0.2, 0.25) is 17.7 Å². The van der Waals surface area contributed by atoms with Crippen molar-refractivity contribution in [1.82, 2.24) is 26.8 Å². The monoisotopic (exact) mass is 709 g/mol. The standard InChI is InChI=1S/C39H43N5O8/c1-26(45)35(38(49)44-43-27(2)46)42-37(48)33(23-29-18-20-32(21-19-29)51-24-30-14-8-4-9-15-30)40-36(47)34(22-28-12-6-3-7-13-28)41-39(50)52-25-31-16-10-5-11-17-31/h3-21,26,33-35,45H,22-25H2,1-2H3,(H,40,47)(H,41,50)(H,42,48)(H,43,46)(H,44,49)/t26-,33+,34+,35-/m1/s1. The van der Waals surface area contributed by atoms with Crippen LogP contribution in [0, 0.1) is 0 Å². The molecular weight excluding hydrogens is 666 g/mol. The van der Waals surface area contributed by atoms with Crippen molar-refractivity contribution < 1.29 is 38.6 Å². The number of benzene rings is 4. The van der Waals surface area contributed by atoms with E-state index in [0.717, 1.165) is 16.7 Å². The summed E-state index contributed by atoms with van der Waals surface area (Å²) in [6.45, 7) is 2.80. The summed E-state index contributed by atoms with van der Waals surface area (Å²) in [5.41, 5.74) is 7.39. The van der Waals surface area contributed by atoms with Crippen molar-refractivity contribution in [1.29, 1.82) is 0 Å². The second-order valence-electron chi connectivity index (χ2n) is 12.0. The Morgan fingerprint density at radius 1 is 0.577 bits per heavy atom. The number of aliphatic hydroxyl groups is 1. The highest BCUT2D eigenvalue weighted by Crippen LogP contribution is 2.16. The van der Waals surface area contributed by atoms with Crippen LogP contribution in [-0.2, 0) is 50.0 Å². The number of carbonyl (C=O) groups excluding carboxylic acids is 5. The topological polar surface area (TPSA) is 184 Å². The lowest BCUT2D eigenvalue weighted by atomic mass is 10.0. The molecule has 0 spiro atoms. The van der Waals surface area contributed by atoms with Gasteiger partial charge >= 0.3 is 6.09 Å². The summed E-state index contributed by atoms with van der Waals surface area (Å²) in [7, 11) is 0. The van der Waals surface area contributed by atoms with Crippen LogP contribution in [0.3, 0.4) is 0 Å². The Bertz CT molecular complexity index is 1760. The smallest absolute Gasteiger partial charge is 0.408 e. The molecule has 5 amide bonds. The van der Waals surface area contributed by atoms with Crippen molar-refractivity contribution in [2.75, 3.05) is 0 Å². The summed E-state index contributed by atoms with van der Waals surface area (Å²) >= 11 is 0. The van der Waals surface area contributed by atoms with Crippen LogP contribution in [0.5, 0.6) is 5.75 Å². The van der Waals surface area contributed by atoms with E-state index in [-0.39, 0.29) is 19.4 Å². The normalized spacial score (nSPS) is 12.9. The van der Waals surface area contributed by atoms with Crippen molar-refractivity contribution in [2.45, 2.75) is 64.1 Å². The molecule has 0 aliphatic carbocycles. The van der Waals surface area contributed by atoms with Crippen molar-refractivity contribution in [3.8, 4) is 5.75 Å². The molecule has 0 saturated heterocycles. The van der Waals surface area contributed by atoms with Crippen LogP contribution in [0.2, 0.25) is 0 Å². The van der Waals surface area contributed by atoms with Crippen LogP contribution in [-0.4, -0.2) is 59.1 Å². The van der Waals surface area contributed by atoms with Crippen LogP contribution in [0.15, 0.2) is 115 Å². The zero-order valence-electron chi connectivity index (χ0n) is 28.9. The minimum Gasteiger partial charge on any atom is -0.489 e. The molecular formula is C39H43N5O8. The molecule has 0 aliphatic rings. The van der Waals surface area contributed by atoms with Crippen molar-refractivity contribution in [3.05, 3.63) is 138 Å². The zero-order chi connectivity index (χ0) is 37.3. The van der Waals surface area contributed by atoms with Crippen LogP contribution >= 0.6 is 0 Å². The minimum absolute atomic E-state index is 0.0241. The predicted octanol–water partition coefficient (Wildman–Crippen LogP) is 2.86. The first-order valence-electron chi connectivity index (χ1n) is 16.7. The summed E-state index contributed by atoms with van der Waals surface area (Å²) in [5.74, 6) is -2.35. The molecule has 0 unspecified atom stereocenters. The number of aliphatic hydroxyl groups excluding tert-OH is 1. The number of hydrogen-bond acceptors (Lipinski definition) is 8. The number of carbonyl (C=O) groups is 5. The molecule has 6 N–H and O–H groups in total. The molecule has 4 rings (SSSR count). The molecule has 4 aromatic carbocycles. The van der Waals surface area contributed by atoms with Gasteiger partial charge in [0.15, 0.2) is 0 Å². The number of alkyl carbamates (subject to hydrolysis) is 1. The van der Waals surface area contributed by atoms with Gasteiger partial charge in [-0.1, -0.05) is 103 Å². The van der Waals surface area contributed by atoms with E-state index in [9.17, 15) is 29.1 Å². The molecule has 0 fully saturated rings. The molecule has 0 aromatic heterocycles. The van der Waals surface area contributed by atoms with Gasteiger partial charge in [-0.3, -0.25) is 30.0 Å². The van der Waals surface area contributed by atoms with Gasteiger partial charge in [-0.2, -0.15) is 0 Å². The van der Waals surface area contributed by atoms with Gasteiger partial charge < -0.3 is 30.5 Å². The lowest BCUT2D eigenvalue weighted by Gasteiger charge is -2.26. The van der Waals surface area contributed by atoms with Crippen LogP contribution in [0.4, 0.5) is 4.79 Å². The Morgan fingerprint density at radius 2 is 1.06 bits per heavy atom. The number of amides is 5. The molecule has 0 radical (unpaired) electrons. The van der Waals surface area contributed by atoms with E-state index in [2.05, 4.69) is 26.8 Å². The third-order valence-electron chi connectivity index (χ3n) is 7.77. The fraction of sp³-hybridized carbons (Fsp3) is 0.256. The van der Waals surface area contributed by atoms with Crippen molar-refractivity contribution >= 4 is 29.7 Å². The number of hydrazine groups is 1. The van der Waals surface area contributed by atoms with E-state index < -0.39 is 54.0 Å². The summed E-state index contributed by atoms with van der Waals surface area (Å²) in [4.78, 5) is 64.7. The molecule has 0 aliphatic heterocycles. The minimum atomic E-state index is -1.49. The second kappa shape index (κ2) is 19.8. The number of ether oxygens (including phenoxy) is 2. The molecule has 0 saturated carbocycles. The summed E-state index contributed by atoms with van der Waals surface area (Å²) < 4.78 is 11.3. The number of hydrogen-bond donors (Lipinski definition) is 6. The molecule has 0 bridgehead atoms. The lowest BCUT2D eigenvalue weighted by Crippen LogP contribution is -2.61. The predicted molar refractivity (Wildman–Crippen MR) is 192 cm³/mol. The first-order valence-corrected chi connectivity index (χ1v) is 16.7. The van der Waals surface area contributed by atoms with Gasteiger partial charge in [0, 0.05) is 19.8 Å². The maximum Gasteiger partial charge on any atom is 0.408 e. The lowest BCUT2D eigenvalue weighted by molar-refractivity contribution is -0.135. The number of nitrogens with one attached hydrogen (secondary N) is 5. The van der Waals surface area contributed by atoms with E-state index in [4.69, 9.17) is 9.47 Å². The van der Waals surface area contributed by atoms with E-state index in [1.54, 1.807) is 60.7 Å². The molecule has 13 nitrogen and oxygen atoms in total. The highest BCUT2D eigenvalue weighted by atomic mass is 16.5. The van der Waals surface area contributed by atoms with Crippen molar-refractivity contribution in [2.24, 2.45) is 0 Å². The van der Waals surface area contributed by atoms with Gasteiger partial charge in [-0.25, -0.2) is 4.79 Å². The van der Waals surface area contributed by atoms with Gasteiger partial charge in [-0.05, 0) is 41.3 Å². The van der Waals surface area contributed by atoms with Gasteiger partial charge in [0.05, 0.1) is 6.10 Å². The average Bonchev–Trinajstić information content (AvgIpc) is 3.15. The Labute approximate surface area is 302 Å². The molecule has 4 atom stereocenters. The fourth-order valence-electron chi connectivity index (χ4n) is 5.03. The quantitative estimate of drug-likeness (QED) is 0.0960. The van der Waals surface area contributed by atoms with Crippen LogP contribution in [0.1, 0.15) is 36.1 Å². The fourth-order valence-corrected chi connectivity index (χ4v) is 5.03. The average molecular weight is 710 g/mol. The summed E-state index contributed by atoms with van der Waals surface area (Å²) in [5, 5.41) is 18.2. The molecule has 272 valence electrons. The molecule has 4 aromatic rings. The second-order valence-corrected chi connectivity index (χ2v) is 12.0. The van der Waals surface area contributed by atoms with E-state index >= 15 is 0 Å². The maximum absolute atomic E-state index is 13.9. The Balaban J connectivity index is 1.53. The number of rotatable bonds is 16. The first-order chi connectivity index (χ1) is 25.1. The Hall–Kier alpha value is -6.21. The van der Waals surface area contributed by atoms with E-state index in [1.165, 1.54) is 13.8 Å².